The van der Waals surface area contributed by atoms with Crippen LogP contribution in [-0.4, -0.2) is 20.6 Å². The van der Waals surface area contributed by atoms with Crippen LogP contribution < -0.4 is 5.73 Å². The zero-order chi connectivity index (χ0) is 12.7. The molecule has 0 aliphatic carbocycles. The van der Waals surface area contributed by atoms with Crippen molar-refractivity contribution >= 4 is 19.7 Å². The van der Waals surface area contributed by atoms with E-state index in [1.807, 2.05) is 19.7 Å². The molecule has 1 rings (SSSR count). The summed E-state index contributed by atoms with van der Waals surface area (Å²) < 4.78 is 0. The monoisotopic (exact) mass is 209 g/mol. The van der Waals surface area contributed by atoms with Crippen molar-refractivity contribution in [1.29, 1.82) is 0 Å². The van der Waals surface area contributed by atoms with Gasteiger partial charge in [-0.3, -0.25) is 0 Å². The molecule has 0 saturated carbocycles. The molecule has 3 nitrogen and oxygen atoms in total. The first kappa shape index (κ1) is 18.9. The van der Waals surface area contributed by atoms with E-state index in [0.29, 0.717) is 0 Å². The average molecular weight is 209 g/mol. The molecule has 0 fully saturated rings. The maximum absolute atomic E-state index is 8.00. The van der Waals surface area contributed by atoms with Crippen molar-refractivity contribution in [2.24, 2.45) is 5.73 Å². The molecule has 15 heavy (non-hydrogen) atoms. The number of aryl methyl sites for hydroxylation is 1. The Morgan fingerprint density at radius 2 is 1.33 bits per heavy atom. The molecule has 0 unspecified atom stereocenters. The van der Waals surface area contributed by atoms with Crippen molar-refractivity contribution in [3.05, 3.63) is 42.0 Å². The van der Waals surface area contributed by atoms with E-state index in [-0.39, 0.29) is 0 Å². The Labute approximate surface area is 91.6 Å². The predicted octanol–water partition coefficient (Wildman–Crippen LogP) is 1.84. The van der Waals surface area contributed by atoms with Crippen LogP contribution in [0.1, 0.15) is 11.1 Å². The molecule has 0 atom stereocenters. The van der Waals surface area contributed by atoms with Crippen molar-refractivity contribution in [3.63, 3.8) is 0 Å². The average Bonchev–Trinajstić information content (AvgIpc) is 2.38. The first-order valence-corrected chi connectivity index (χ1v) is 4.17. The van der Waals surface area contributed by atoms with Gasteiger partial charge in [-0.05, 0) is 19.5 Å². The molecule has 0 aliphatic rings. The third-order valence-electron chi connectivity index (χ3n) is 1.31. The maximum atomic E-state index is 8.00. The van der Waals surface area contributed by atoms with Crippen LogP contribution in [0.25, 0.3) is 6.08 Å². The lowest BCUT2D eigenvalue weighted by molar-refractivity contribution is -0.0987. The zero-order valence-corrected chi connectivity index (χ0v) is 9.40. The SMILES string of the molecule is C=Cc1ccc(C)cc1.C=O.C=O.CN. The Balaban J connectivity index is -0.000000208. The highest BCUT2D eigenvalue weighted by atomic mass is 16.1. The first-order valence-electron chi connectivity index (χ1n) is 4.17. The fraction of sp³-hybridized carbons (Fsp3) is 0.167. The highest BCUT2D eigenvalue weighted by molar-refractivity contribution is 5.46. The Bertz CT molecular complexity index is 230. The number of nitrogens with two attached hydrogens (primary N) is 1. The first-order chi connectivity index (χ1) is 7.33. The number of carbonyl (C=O) groups excluding carboxylic acids is 2. The van der Waals surface area contributed by atoms with E-state index in [1.165, 1.54) is 18.2 Å². The molecule has 0 aliphatic heterocycles. The second-order valence-electron chi connectivity index (χ2n) is 2.11. The van der Waals surface area contributed by atoms with Crippen LogP contribution in [-0.2, 0) is 9.59 Å². The minimum atomic E-state index is 1.18. The van der Waals surface area contributed by atoms with Gasteiger partial charge in [0.1, 0.15) is 13.6 Å². The van der Waals surface area contributed by atoms with Crippen LogP contribution in [0.15, 0.2) is 30.8 Å². The molecule has 0 radical (unpaired) electrons. The largest absolute Gasteiger partial charge is 0.333 e. The lowest BCUT2D eigenvalue weighted by Crippen LogP contribution is -1.71. The molecule has 1 aromatic carbocycles. The highest BCUT2D eigenvalue weighted by Crippen LogP contribution is 2.02. The maximum Gasteiger partial charge on any atom is 0.106 e. The molecule has 1 aromatic rings. The number of hydrogen-bond donors (Lipinski definition) is 1. The van der Waals surface area contributed by atoms with Crippen LogP contribution >= 0.6 is 0 Å². The van der Waals surface area contributed by atoms with Crippen LogP contribution in [0, 0.1) is 6.92 Å². The van der Waals surface area contributed by atoms with Crippen molar-refractivity contribution in [2.75, 3.05) is 7.05 Å². The summed E-state index contributed by atoms with van der Waals surface area (Å²) in [5.74, 6) is 0. The van der Waals surface area contributed by atoms with Gasteiger partial charge in [0.15, 0.2) is 0 Å². The van der Waals surface area contributed by atoms with Gasteiger partial charge in [0.25, 0.3) is 0 Å². The molecule has 3 heteroatoms. The molecule has 84 valence electrons. The topological polar surface area (TPSA) is 60.2 Å². The Morgan fingerprint density at radius 1 is 1.00 bits per heavy atom. The quantitative estimate of drug-likeness (QED) is 0.767. The lowest BCUT2D eigenvalue weighted by atomic mass is 10.2. The van der Waals surface area contributed by atoms with Gasteiger partial charge in [0.2, 0.25) is 0 Å². The van der Waals surface area contributed by atoms with Gasteiger partial charge in [-0.2, -0.15) is 0 Å². The van der Waals surface area contributed by atoms with E-state index in [1.54, 1.807) is 0 Å². The molecular weight excluding hydrogens is 190 g/mol. The summed E-state index contributed by atoms with van der Waals surface area (Å²) in [6.45, 7) is 9.74. The van der Waals surface area contributed by atoms with Crippen LogP contribution in [0.5, 0.6) is 0 Å². The van der Waals surface area contributed by atoms with Crippen LogP contribution in [0.4, 0.5) is 0 Å². The van der Waals surface area contributed by atoms with E-state index in [9.17, 15) is 0 Å². The lowest BCUT2D eigenvalue weighted by Gasteiger charge is -1.91. The van der Waals surface area contributed by atoms with E-state index in [2.05, 4.69) is 43.5 Å². The van der Waals surface area contributed by atoms with Gasteiger partial charge in [0, 0.05) is 0 Å². The van der Waals surface area contributed by atoms with Crippen LogP contribution in [0.2, 0.25) is 0 Å². The standard InChI is InChI=1S/C9H10.CH5N.2CH2O/c1-3-9-6-4-8(2)5-7-9;3*1-2/h3-7H,1H2,2H3;2H2,1H3;2*1H2. The molecule has 0 spiro atoms. The summed E-state index contributed by atoms with van der Waals surface area (Å²) in [5.41, 5.74) is 6.97. The van der Waals surface area contributed by atoms with Crippen molar-refractivity contribution in [1.82, 2.24) is 0 Å². The normalized spacial score (nSPS) is 6.33. The minimum absolute atomic E-state index is 1.18. The van der Waals surface area contributed by atoms with Crippen molar-refractivity contribution < 1.29 is 9.59 Å². The highest BCUT2D eigenvalue weighted by Gasteiger charge is 1.82. The summed E-state index contributed by atoms with van der Waals surface area (Å²) in [4.78, 5) is 16.0. The van der Waals surface area contributed by atoms with E-state index < -0.39 is 0 Å². The fourth-order valence-corrected chi connectivity index (χ4v) is 0.703. The molecule has 0 amide bonds. The van der Waals surface area contributed by atoms with Gasteiger partial charge in [-0.1, -0.05) is 42.5 Å². The summed E-state index contributed by atoms with van der Waals surface area (Å²) in [7, 11) is 1.50. The third-order valence-corrected chi connectivity index (χ3v) is 1.31. The Kier molecular flexibility index (Phi) is 22.9. The number of rotatable bonds is 1. The van der Waals surface area contributed by atoms with E-state index >= 15 is 0 Å². The molecule has 0 aromatic heterocycles. The van der Waals surface area contributed by atoms with Crippen LogP contribution in [0.3, 0.4) is 0 Å². The van der Waals surface area contributed by atoms with Gasteiger partial charge in [0.05, 0.1) is 0 Å². The number of carbonyl (C=O) groups is 2. The van der Waals surface area contributed by atoms with Gasteiger partial charge in [-0.25, -0.2) is 0 Å². The fourth-order valence-electron chi connectivity index (χ4n) is 0.703. The van der Waals surface area contributed by atoms with E-state index in [0.717, 1.165) is 0 Å². The number of hydrogen-bond acceptors (Lipinski definition) is 3. The third kappa shape index (κ3) is 12.3. The summed E-state index contributed by atoms with van der Waals surface area (Å²) in [6, 6.07) is 8.28. The summed E-state index contributed by atoms with van der Waals surface area (Å²) in [6.07, 6.45) is 1.85. The van der Waals surface area contributed by atoms with E-state index in [4.69, 9.17) is 9.59 Å². The second kappa shape index (κ2) is 18.1. The van der Waals surface area contributed by atoms with Gasteiger partial charge in [-0.15, -0.1) is 0 Å². The molecule has 0 saturated heterocycles. The minimum Gasteiger partial charge on any atom is -0.333 e. The Hall–Kier alpha value is -1.74. The zero-order valence-electron chi connectivity index (χ0n) is 9.40. The van der Waals surface area contributed by atoms with Crippen molar-refractivity contribution in [3.8, 4) is 0 Å². The smallest absolute Gasteiger partial charge is 0.106 e. The summed E-state index contributed by atoms with van der Waals surface area (Å²) >= 11 is 0. The summed E-state index contributed by atoms with van der Waals surface area (Å²) in [5, 5.41) is 0. The van der Waals surface area contributed by atoms with Gasteiger partial charge >= 0.3 is 0 Å². The Morgan fingerprint density at radius 3 is 1.60 bits per heavy atom. The molecular formula is C12H19NO2. The molecule has 0 bridgehead atoms. The number of benzene rings is 1. The van der Waals surface area contributed by atoms with Gasteiger partial charge < -0.3 is 15.3 Å². The predicted molar refractivity (Wildman–Crippen MR) is 65.6 cm³/mol. The van der Waals surface area contributed by atoms with Crippen molar-refractivity contribution in [2.45, 2.75) is 6.92 Å². The molecule has 2 N–H and O–H groups in total. The molecule has 0 heterocycles. The second-order valence-corrected chi connectivity index (χ2v) is 2.11.